The Balaban J connectivity index is 4.22. The number of carbonyl (C=O) groups is 2. The van der Waals surface area contributed by atoms with Gasteiger partial charge in [0, 0.05) is 13.0 Å². The molecule has 1 amide bonds. The van der Waals surface area contributed by atoms with Crippen molar-refractivity contribution in [1.29, 1.82) is 0 Å². The number of nitrogens with one attached hydrogen (secondary N) is 1. The molecule has 4 heteroatoms. The molecular weight excluding hydrogens is 170 g/mol. The van der Waals surface area contributed by atoms with Crippen molar-refractivity contribution in [3.63, 3.8) is 0 Å². The molecule has 4 nitrogen and oxygen atoms in total. The summed E-state index contributed by atoms with van der Waals surface area (Å²) in [5.41, 5.74) is 0. The topological polar surface area (TPSA) is 66.4 Å². The Bertz CT molecular complexity index is 191. The third-order valence-electron chi connectivity index (χ3n) is 1.98. The Morgan fingerprint density at radius 1 is 1.46 bits per heavy atom. The number of carboxylic acid groups (broad SMARTS) is 1. The Morgan fingerprint density at radius 3 is 2.31 bits per heavy atom. The van der Waals surface area contributed by atoms with E-state index in [1.165, 1.54) is 6.92 Å². The fourth-order valence-electron chi connectivity index (χ4n) is 1.19. The van der Waals surface area contributed by atoms with E-state index in [1.807, 2.05) is 6.92 Å². The first-order chi connectivity index (χ1) is 5.99. The van der Waals surface area contributed by atoms with Crippen LogP contribution in [0.15, 0.2) is 0 Å². The molecule has 0 bridgehead atoms. The monoisotopic (exact) mass is 187 g/mol. The molecule has 76 valence electrons. The zero-order chi connectivity index (χ0) is 10.4. The first-order valence-corrected chi connectivity index (χ1v) is 4.49. The predicted octanol–water partition coefficient (Wildman–Crippen LogP) is 1.01. The van der Waals surface area contributed by atoms with Crippen LogP contribution in [0.2, 0.25) is 0 Å². The molecule has 0 aromatic heterocycles. The third-order valence-corrected chi connectivity index (χ3v) is 1.98. The summed E-state index contributed by atoms with van der Waals surface area (Å²) < 4.78 is 0. The van der Waals surface area contributed by atoms with Crippen LogP contribution >= 0.6 is 0 Å². The lowest BCUT2D eigenvalue weighted by Crippen LogP contribution is -2.41. The second-order valence-electron chi connectivity index (χ2n) is 3.22. The lowest BCUT2D eigenvalue weighted by molar-refractivity contribution is -0.142. The fraction of sp³-hybridized carbons (Fsp3) is 0.778. The zero-order valence-corrected chi connectivity index (χ0v) is 8.33. The molecule has 0 saturated carbocycles. The summed E-state index contributed by atoms with van der Waals surface area (Å²) in [5, 5.41) is 11.4. The van der Waals surface area contributed by atoms with E-state index in [4.69, 9.17) is 5.11 Å². The average Bonchev–Trinajstić information content (AvgIpc) is 2.01. The van der Waals surface area contributed by atoms with Gasteiger partial charge in [0.25, 0.3) is 0 Å². The maximum Gasteiger partial charge on any atom is 0.308 e. The lowest BCUT2D eigenvalue weighted by atomic mass is 9.98. The number of aliphatic carboxylic acids is 1. The van der Waals surface area contributed by atoms with Gasteiger partial charge in [-0.1, -0.05) is 13.3 Å². The Labute approximate surface area is 78.3 Å². The molecule has 0 heterocycles. The zero-order valence-electron chi connectivity index (χ0n) is 8.33. The van der Waals surface area contributed by atoms with Gasteiger partial charge in [0.05, 0.1) is 5.92 Å². The third kappa shape index (κ3) is 4.50. The molecule has 0 spiro atoms. The highest BCUT2D eigenvalue weighted by atomic mass is 16.4. The summed E-state index contributed by atoms with van der Waals surface area (Å²) in [6, 6.07) is -0.250. The van der Waals surface area contributed by atoms with Crippen LogP contribution in [0.3, 0.4) is 0 Å². The molecule has 0 aliphatic carbocycles. The van der Waals surface area contributed by atoms with Crippen molar-refractivity contribution in [3.8, 4) is 0 Å². The minimum atomic E-state index is -0.868. The Hall–Kier alpha value is -1.06. The van der Waals surface area contributed by atoms with Gasteiger partial charge in [-0.25, -0.2) is 0 Å². The van der Waals surface area contributed by atoms with E-state index in [2.05, 4.69) is 5.32 Å². The maximum absolute atomic E-state index is 10.8. The van der Waals surface area contributed by atoms with Crippen molar-refractivity contribution in [2.75, 3.05) is 0 Å². The molecule has 0 aliphatic heterocycles. The number of amides is 1. The van der Waals surface area contributed by atoms with Crippen LogP contribution in [0.5, 0.6) is 0 Å². The van der Waals surface area contributed by atoms with Gasteiger partial charge in [-0.15, -0.1) is 0 Å². The van der Waals surface area contributed by atoms with Gasteiger partial charge in [0.1, 0.15) is 0 Å². The number of rotatable bonds is 5. The summed E-state index contributed by atoms with van der Waals surface area (Å²) >= 11 is 0. The molecule has 2 unspecified atom stereocenters. The minimum Gasteiger partial charge on any atom is -0.481 e. The van der Waals surface area contributed by atoms with Gasteiger partial charge < -0.3 is 10.4 Å². The molecule has 0 rings (SSSR count). The van der Waals surface area contributed by atoms with E-state index in [0.29, 0.717) is 6.42 Å². The van der Waals surface area contributed by atoms with E-state index in [1.54, 1.807) is 6.92 Å². The minimum absolute atomic E-state index is 0.174. The molecule has 2 atom stereocenters. The summed E-state index contributed by atoms with van der Waals surface area (Å²) in [5.74, 6) is -1.57. The average molecular weight is 187 g/mol. The Kier molecular flexibility index (Phi) is 5.11. The molecule has 0 aromatic rings. The molecule has 0 radical (unpaired) electrons. The van der Waals surface area contributed by atoms with Crippen LogP contribution in [0.1, 0.15) is 33.6 Å². The van der Waals surface area contributed by atoms with Crippen LogP contribution in [0.4, 0.5) is 0 Å². The van der Waals surface area contributed by atoms with Crippen molar-refractivity contribution in [1.82, 2.24) is 5.32 Å². The highest BCUT2D eigenvalue weighted by Crippen LogP contribution is 2.09. The smallest absolute Gasteiger partial charge is 0.308 e. The molecule has 0 aliphatic rings. The molecule has 13 heavy (non-hydrogen) atoms. The maximum atomic E-state index is 10.8. The van der Waals surface area contributed by atoms with Crippen LogP contribution < -0.4 is 5.32 Å². The number of hydrogen-bond donors (Lipinski definition) is 2. The predicted molar refractivity (Wildman–Crippen MR) is 49.3 cm³/mol. The number of carbonyl (C=O) groups excluding carboxylic acids is 1. The first kappa shape index (κ1) is 11.9. The van der Waals surface area contributed by atoms with Crippen LogP contribution in [-0.4, -0.2) is 23.0 Å². The molecular formula is C9H17NO3. The van der Waals surface area contributed by atoms with Crippen molar-refractivity contribution < 1.29 is 14.7 Å². The number of carboxylic acids is 1. The van der Waals surface area contributed by atoms with Gasteiger partial charge in [-0.3, -0.25) is 9.59 Å². The van der Waals surface area contributed by atoms with Gasteiger partial charge in [-0.05, 0) is 13.3 Å². The van der Waals surface area contributed by atoms with Crippen LogP contribution in [0, 0.1) is 5.92 Å². The summed E-state index contributed by atoms with van der Waals surface area (Å²) in [6.45, 7) is 4.97. The molecule has 0 saturated heterocycles. The molecule has 0 aromatic carbocycles. The lowest BCUT2D eigenvalue weighted by Gasteiger charge is -2.20. The van der Waals surface area contributed by atoms with Gasteiger partial charge >= 0.3 is 5.97 Å². The summed E-state index contributed by atoms with van der Waals surface area (Å²) in [7, 11) is 0. The largest absolute Gasteiger partial charge is 0.481 e. The van der Waals surface area contributed by atoms with Gasteiger partial charge in [0.15, 0.2) is 0 Å². The fourth-order valence-corrected chi connectivity index (χ4v) is 1.19. The highest BCUT2D eigenvalue weighted by Gasteiger charge is 2.23. The second-order valence-corrected chi connectivity index (χ2v) is 3.22. The quantitative estimate of drug-likeness (QED) is 0.675. The van der Waals surface area contributed by atoms with E-state index in [-0.39, 0.29) is 11.9 Å². The highest BCUT2D eigenvalue weighted by molar-refractivity contribution is 5.75. The van der Waals surface area contributed by atoms with Crippen molar-refractivity contribution >= 4 is 11.9 Å². The van der Waals surface area contributed by atoms with Gasteiger partial charge in [0.2, 0.25) is 5.91 Å². The molecule has 2 N–H and O–H groups in total. The standard InChI is InChI=1S/C9H17NO3/c1-4-5-8(10-7(3)11)6(2)9(12)13/h6,8H,4-5H2,1-3H3,(H,10,11)(H,12,13). The van der Waals surface area contributed by atoms with Gasteiger partial charge in [-0.2, -0.15) is 0 Å². The molecule has 0 fully saturated rings. The van der Waals surface area contributed by atoms with Crippen molar-refractivity contribution in [2.45, 2.75) is 39.7 Å². The summed E-state index contributed by atoms with van der Waals surface area (Å²) in [4.78, 5) is 21.4. The van der Waals surface area contributed by atoms with E-state index in [0.717, 1.165) is 6.42 Å². The SMILES string of the molecule is CCCC(NC(C)=O)C(C)C(=O)O. The van der Waals surface area contributed by atoms with E-state index >= 15 is 0 Å². The van der Waals surface area contributed by atoms with E-state index < -0.39 is 11.9 Å². The van der Waals surface area contributed by atoms with Crippen LogP contribution in [0.25, 0.3) is 0 Å². The second kappa shape index (κ2) is 5.56. The number of hydrogen-bond acceptors (Lipinski definition) is 2. The van der Waals surface area contributed by atoms with Crippen LogP contribution in [-0.2, 0) is 9.59 Å². The normalized spacial score (nSPS) is 14.7. The van der Waals surface area contributed by atoms with Crippen molar-refractivity contribution in [2.24, 2.45) is 5.92 Å². The first-order valence-electron chi connectivity index (χ1n) is 4.49. The Morgan fingerprint density at radius 2 is 2.00 bits per heavy atom. The van der Waals surface area contributed by atoms with E-state index in [9.17, 15) is 9.59 Å². The van der Waals surface area contributed by atoms with Crippen molar-refractivity contribution in [3.05, 3.63) is 0 Å². The summed E-state index contributed by atoms with van der Waals surface area (Å²) in [6.07, 6.45) is 1.57.